The number of carbonyl (C=O) groups excluding carboxylic acids is 1. The molecule has 1 fully saturated rings. The molecule has 1 aromatic carbocycles. The second-order valence-corrected chi connectivity index (χ2v) is 7.75. The van der Waals surface area contributed by atoms with Gasteiger partial charge in [0.15, 0.2) is 0 Å². The molecular formula is C20H24N2O2S. The lowest BCUT2D eigenvalue weighted by Crippen LogP contribution is -2.38. The highest BCUT2D eigenvalue weighted by atomic mass is 32.2. The largest absolute Gasteiger partial charge is 0.393 e. The van der Waals surface area contributed by atoms with Crippen molar-refractivity contribution >= 4 is 17.7 Å². The minimum atomic E-state index is -0.220. The highest BCUT2D eigenvalue weighted by Gasteiger charge is 2.22. The molecule has 1 aliphatic rings. The van der Waals surface area contributed by atoms with Crippen LogP contribution in [0.5, 0.6) is 0 Å². The standard InChI is InChI=1S/C20H24N2O2S/c1-13-5-10-17(12-14(13)2)25-20-18(4-3-11-21-20)19(24)22-15-6-8-16(23)9-7-15/h3-5,10-12,15-16,23H,6-9H2,1-2H3,(H,22,24). The number of nitrogens with one attached hydrogen (secondary N) is 1. The van der Waals surface area contributed by atoms with E-state index < -0.39 is 0 Å². The van der Waals surface area contributed by atoms with Crippen molar-refractivity contribution in [2.75, 3.05) is 0 Å². The Balaban J connectivity index is 1.73. The summed E-state index contributed by atoms with van der Waals surface area (Å²) in [5, 5.41) is 13.4. The van der Waals surface area contributed by atoms with Crippen LogP contribution < -0.4 is 5.32 Å². The summed E-state index contributed by atoms with van der Waals surface area (Å²) >= 11 is 1.52. The first-order valence-electron chi connectivity index (χ1n) is 8.72. The molecule has 1 saturated carbocycles. The SMILES string of the molecule is Cc1ccc(Sc2ncccc2C(=O)NC2CCC(O)CC2)cc1C. The number of aliphatic hydroxyl groups is 1. The number of benzene rings is 1. The molecule has 2 aromatic rings. The monoisotopic (exact) mass is 356 g/mol. The summed E-state index contributed by atoms with van der Waals surface area (Å²) in [6.07, 6.45) is 4.66. The highest BCUT2D eigenvalue weighted by Crippen LogP contribution is 2.30. The topological polar surface area (TPSA) is 62.2 Å². The smallest absolute Gasteiger partial charge is 0.254 e. The number of nitrogens with zero attached hydrogens (tertiary/aromatic N) is 1. The van der Waals surface area contributed by atoms with Gasteiger partial charge in [-0.15, -0.1) is 0 Å². The Bertz CT molecular complexity index is 755. The van der Waals surface area contributed by atoms with Gasteiger partial charge in [0.05, 0.1) is 11.7 Å². The third-order valence-electron chi connectivity index (χ3n) is 4.74. The van der Waals surface area contributed by atoms with Gasteiger partial charge in [-0.25, -0.2) is 4.98 Å². The molecule has 0 aliphatic heterocycles. The molecule has 0 radical (unpaired) electrons. The van der Waals surface area contributed by atoms with Crippen LogP contribution in [0, 0.1) is 13.8 Å². The van der Waals surface area contributed by atoms with E-state index in [0.29, 0.717) is 5.56 Å². The Hall–Kier alpha value is -1.85. The van der Waals surface area contributed by atoms with E-state index in [1.165, 1.54) is 22.9 Å². The Morgan fingerprint density at radius 1 is 1.16 bits per heavy atom. The average molecular weight is 356 g/mol. The predicted molar refractivity (Wildman–Crippen MR) is 100 cm³/mol. The molecule has 1 heterocycles. The molecular weight excluding hydrogens is 332 g/mol. The summed E-state index contributed by atoms with van der Waals surface area (Å²) < 4.78 is 0. The van der Waals surface area contributed by atoms with Crippen LogP contribution in [0.3, 0.4) is 0 Å². The Morgan fingerprint density at radius 3 is 2.64 bits per heavy atom. The summed E-state index contributed by atoms with van der Waals surface area (Å²) in [7, 11) is 0. The summed E-state index contributed by atoms with van der Waals surface area (Å²) in [6.45, 7) is 4.17. The molecule has 1 aliphatic carbocycles. The Morgan fingerprint density at radius 2 is 1.92 bits per heavy atom. The fourth-order valence-electron chi connectivity index (χ4n) is 3.02. The average Bonchev–Trinajstić information content (AvgIpc) is 2.60. The molecule has 0 unspecified atom stereocenters. The van der Waals surface area contributed by atoms with Gasteiger partial charge in [0.1, 0.15) is 5.03 Å². The zero-order chi connectivity index (χ0) is 17.8. The second-order valence-electron chi connectivity index (χ2n) is 6.68. The molecule has 1 amide bonds. The Kier molecular flexibility index (Phi) is 5.76. The third kappa shape index (κ3) is 4.61. The molecule has 1 aromatic heterocycles. The maximum Gasteiger partial charge on any atom is 0.254 e. The summed E-state index contributed by atoms with van der Waals surface area (Å²) in [6, 6.07) is 10.0. The van der Waals surface area contributed by atoms with Gasteiger partial charge in [0.25, 0.3) is 5.91 Å². The highest BCUT2D eigenvalue weighted by molar-refractivity contribution is 7.99. The van der Waals surface area contributed by atoms with Gasteiger partial charge in [-0.05, 0) is 74.9 Å². The first kappa shape index (κ1) is 18.0. The third-order valence-corrected chi connectivity index (χ3v) is 5.75. The van der Waals surface area contributed by atoms with Gasteiger partial charge in [-0.3, -0.25) is 4.79 Å². The first-order valence-corrected chi connectivity index (χ1v) is 9.53. The molecule has 0 atom stereocenters. The van der Waals surface area contributed by atoms with Gasteiger partial charge in [0.2, 0.25) is 0 Å². The molecule has 2 N–H and O–H groups in total. The number of hydrogen-bond donors (Lipinski definition) is 2. The summed E-state index contributed by atoms with van der Waals surface area (Å²) in [4.78, 5) is 18.2. The van der Waals surface area contributed by atoms with Crippen molar-refractivity contribution in [1.29, 1.82) is 0 Å². The van der Waals surface area contributed by atoms with Crippen LogP contribution in [0.1, 0.15) is 47.2 Å². The number of carbonyl (C=O) groups is 1. The number of aliphatic hydroxyl groups excluding tert-OH is 1. The fraction of sp³-hybridized carbons (Fsp3) is 0.400. The van der Waals surface area contributed by atoms with Gasteiger partial charge >= 0.3 is 0 Å². The molecule has 0 saturated heterocycles. The lowest BCUT2D eigenvalue weighted by molar-refractivity contribution is 0.0864. The number of rotatable bonds is 4. The van der Waals surface area contributed by atoms with Crippen LogP contribution >= 0.6 is 11.8 Å². The molecule has 3 rings (SSSR count). The molecule has 4 nitrogen and oxygen atoms in total. The minimum Gasteiger partial charge on any atom is -0.393 e. The van der Waals surface area contributed by atoms with Crippen LogP contribution in [-0.4, -0.2) is 28.1 Å². The van der Waals surface area contributed by atoms with E-state index in [2.05, 4.69) is 42.3 Å². The van der Waals surface area contributed by atoms with Crippen molar-refractivity contribution in [3.8, 4) is 0 Å². The Labute approximate surface area is 153 Å². The second kappa shape index (κ2) is 8.02. The normalized spacial score (nSPS) is 20.3. The van der Waals surface area contributed by atoms with E-state index in [4.69, 9.17) is 0 Å². The van der Waals surface area contributed by atoms with Crippen molar-refractivity contribution in [3.63, 3.8) is 0 Å². The number of amides is 1. The zero-order valence-electron chi connectivity index (χ0n) is 14.7. The molecule has 25 heavy (non-hydrogen) atoms. The minimum absolute atomic E-state index is 0.0826. The van der Waals surface area contributed by atoms with E-state index in [9.17, 15) is 9.90 Å². The van der Waals surface area contributed by atoms with E-state index in [0.717, 1.165) is 35.6 Å². The predicted octanol–water partition coefficient (Wildman–Crippen LogP) is 3.88. The zero-order valence-corrected chi connectivity index (χ0v) is 15.5. The van der Waals surface area contributed by atoms with Crippen molar-refractivity contribution in [1.82, 2.24) is 10.3 Å². The van der Waals surface area contributed by atoms with Crippen LogP contribution in [0.15, 0.2) is 46.5 Å². The molecule has 0 spiro atoms. The summed E-state index contributed by atoms with van der Waals surface area (Å²) in [5.74, 6) is -0.0826. The van der Waals surface area contributed by atoms with Crippen LogP contribution in [-0.2, 0) is 0 Å². The molecule has 132 valence electrons. The van der Waals surface area contributed by atoms with E-state index >= 15 is 0 Å². The van der Waals surface area contributed by atoms with Gasteiger partial charge in [-0.2, -0.15) is 0 Å². The van der Waals surface area contributed by atoms with Crippen molar-refractivity contribution in [2.45, 2.75) is 61.6 Å². The van der Waals surface area contributed by atoms with Gasteiger partial charge < -0.3 is 10.4 Å². The lowest BCUT2D eigenvalue weighted by atomic mass is 9.93. The van der Waals surface area contributed by atoms with Crippen molar-refractivity contribution in [2.24, 2.45) is 0 Å². The summed E-state index contributed by atoms with van der Waals surface area (Å²) in [5.41, 5.74) is 3.09. The lowest BCUT2D eigenvalue weighted by Gasteiger charge is -2.26. The van der Waals surface area contributed by atoms with Crippen molar-refractivity contribution in [3.05, 3.63) is 53.2 Å². The fourth-order valence-corrected chi connectivity index (χ4v) is 4.00. The quantitative estimate of drug-likeness (QED) is 0.873. The van der Waals surface area contributed by atoms with Crippen LogP contribution in [0.25, 0.3) is 0 Å². The first-order chi connectivity index (χ1) is 12.0. The van der Waals surface area contributed by atoms with Crippen LogP contribution in [0.2, 0.25) is 0 Å². The number of pyridine rings is 1. The van der Waals surface area contributed by atoms with Gasteiger partial charge in [0, 0.05) is 17.1 Å². The maximum atomic E-state index is 12.7. The molecule has 0 bridgehead atoms. The molecule has 5 heteroatoms. The van der Waals surface area contributed by atoms with E-state index in [-0.39, 0.29) is 18.1 Å². The van der Waals surface area contributed by atoms with Crippen molar-refractivity contribution < 1.29 is 9.90 Å². The number of aryl methyl sites for hydroxylation is 2. The van der Waals surface area contributed by atoms with Crippen LogP contribution in [0.4, 0.5) is 0 Å². The number of aromatic nitrogens is 1. The van der Waals surface area contributed by atoms with E-state index in [1.54, 1.807) is 12.3 Å². The maximum absolute atomic E-state index is 12.7. The number of hydrogen-bond acceptors (Lipinski definition) is 4. The van der Waals surface area contributed by atoms with E-state index in [1.807, 2.05) is 6.07 Å². The van der Waals surface area contributed by atoms with Gasteiger partial charge in [-0.1, -0.05) is 17.8 Å².